The molecule has 1 aliphatic heterocycles. The largest absolute Gasteiger partial charge is 0.353 e. The van der Waals surface area contributed by atoms with E-state index in [2.05, 4.69) is 52.5 Å². The van der Waals surface area contributed by atoms with Gasteiger partial charge in [-0.25, -0.2) is 4.98 Å². The summed E-state index contributed by atoms with van der Waals surface area (Å²) in [4.78, 5) is 19.6. The third kappa shape index (κ3) is 6.11. The van der Waals surface area contributed by atoms with Gasteiger partial charge in [-0.3, -0.25) is 4.79 Å². The van der Waals surface area contributed by atoms with Gasteiger partial charge in [0.15, 0.2) is 0 Å². The van der Waals surface area contributed by atoms with Crippen molar-refractivity contribution in [1.29, 1.82) is 0 Å². The Morgan fingerprint density at radius 2 is 1.84 bits per heavy atom. The van der Waals surface area contributed by atoms with Crippen LogP contribution < -0.4 is 5.32 Å². The van der Waals surface area contributed by atoms with Gasteiger partial charge in [0.25, 0.3) is 0 Å². The number of thioether (sulfide) groups is 1. The molecule has 1 aromatic carbocycles. The van der Waals surface area contributed by atoms with Gasteiger partial charge in [0, 0.05) is 36.6 Å². The minimum absolute atomic E-state index is 0.0676. The van der Waals surface area contributed by atoms with Gasteiger partial charge in [-0.2, -0.15) is 0 Å². The molecule has 0 radical (unpaired) electrons. The Bertz CT molecular complexity index is 990. The first kappa shape index (κ1) is 21.9. The number of hydrogen-bond donors (Lipinski definition) is 1. The fourth-order valence-electron chi connectivity index (χ4n) is 4.11. The Morgan fingerprint density at radius 1 is 1.06 bits per heavy atom. The van der Waals surface area contributed by atoms with Gasteiger partial charge in [-0.05, 0) is 50.6 Å². The van der Waals surface area contributed by atoms with Crippen molar-refractivity contribution in [3.63, 3.8) is 0 Å². The molecule has 0 saturated carbocycles. The summed E-state index contributed by atoms with van der Waals surface area (Å²) in [7, 11) is 0. The number of likely N-dealkylation sites (tertiary alicyclic amines) is 1. The molecule has 164 valence electrons. The molecule has 5 nitrogen and oxygen atoms in total. The number of nitrogens with zero attached hydrogens (tertiary/aromatic N) is 3. The number of pyridine rings is 1. The molecule has 4 rings (SSSR count). The van der Waals surface area contributed by atoms with Gasteiger partial charge in [-0.1, -0.05) is 42.7 Å². The van der Waals surface area contributed by atoms with E-state index in [0.717, 1.165) is 47.9 Å². The van der Waals surface area contributed by atoms with Crippen molar-refractivity contribution in [1.82, 2.24) is 19.8 Å². The number of aromatic nitrogens is 2. The molecule has 2 aromatic heterocycles. The van der Waals surface area contributed by atoms with Gasteiger partial charge < -0.3 is 14.8 Å². The van der Waals surface area contributed by atoms with E-state index in [9.17, 15) is 4.79 Å². The van der Waals surface area contributed by atoms with Crippen LogP contribution >= 0.6 is 11.8 Å². The molecular weight excluding hydrogens is 404 g/mol. The van der Waals surface area contributed by atoms with E-state index in [0.29, 0.717) is 6.54 Å². The quantitative estimate of drug-likeness (QED) is 0.523. The lowest BCUT2D eigenvalue weighted by atomic mass is 10.2. The molecule has 31 heavy (non-hydrogen) atoms. The maximum absolute atomic E-state index is 12.5. The average Bonchev–Trinajstić information content (AvgIpc) is 3.00. The number of amides is 1. The normalized spacial score (nSPS) is 15.1. The molecule has 3 aromatic rings. The van der Waals surface area contributed by atoms with Gasteiger partial charge in [0.2, 0.25) is 5.91 Å². The van der Waals surface area contributed by atoms with Crippen LogP contribution in [0.4, 0.5) is 0 Å². The van der Waals surface area contributed by atoms with Crippen molar-refractivity contribution in [2.45, 2.75) is 49.9 Å². The molecule has 6 heteroatoms. The molecule has 0 spiro atoms. The van der Waals surface area contributed by atoms with Crippen molar-refractivity contribution in [3.05, 3.63) is 59.9 Å². The van der Waals surface area contributed by atoms with Crippen LogP contribution in [0.5, 0.6) is 0 Å². The Labute approximate surface area is 189 Å². The summed E-state index contributed by atoms with van der Waals surface area (Å²) in [6.45, 7) is 6.43. The van der Waals surface area contributed by atoms with Crippen molar-refractivity contribution >= 4 is 28.6 Å². The Balaban J connectivity index is 1.32. The van der Waals surface area contributed by atoms with E-state index in [4.69, 9.17) is 0 Å². The highest BCUT2D eigenvalue weighted by molar-refractivity contribution is 7.98. The molecule has 0 atom stereocenters. The Kier molecular flexibility index (Phi) is 7.65. The lowest BCUT2D eigenvalue weighted by Crippen LogP contribution is -2.36. The number of fused-ring (bicyclic) bond motifs is 1. The highest BCUT2D eigenvalue weighted by atomic mass is 32.2. The highest BCUT2D eigenvalue weighted by Gasteiger charge is 2.12. The predicted octanol–water partition coefficient (Wildman–Crippen LogP) is 4.63. The number of benzene rings is 1. The van der Waals surface area contributed by atoms with Crippen LogP contribution in [0.15, 0.2) is 53.8 Å². The monoisotopic (exact) mass is 436 g/mol. The van der Waals surface area contributed by atoms with Gasteiger partial charge in [0.1, 0.15) is 11.6 Å². The summed E-state index contributed by atoms with van der Waals surface area (Å²) in [6.07, 6.45) is 9.07. The molecule has 1 saturated heterocycles. The van der Waals surface area contributed by atoms with Crippen LogP contribution in [0.25, 0.3) is 10.9 Å². The number of rotatable bonds is 8. The first-order valence-electron chi connectivity index (χ1n) is 11.3. The van der Waals surface area contributed by atoms with Gasteiger partial charge >= 0.3 is 0 Å². The second kappa shape index (κ2) is 10.8. The van der Waals surface area contributed by atoms with E-state index in [1.807, 2.05) is 23.0 Å². The van der Waals surface area contributed by atoms with Crippen LogP contribution in [0.1, 0.15) is 36.8 Å². The Morgan fingerprint density at radius 3 is 2.61 bits per heavy atom. The van der Waals surface area contributed by atoms with E-state index in [1.54, 1.807) is 11.8 Å². The van der Waals surface area contributed by atoms with Crippen LogP contribution in [0.2, 0.25) is 0 Å². The van der Waals surface area contributed by atoms with Crippen LogP contribution in [0, 0.1) is 6.92 Å². The van der Waals surface area contributed by atoms with Crippen LogP contribution in [-0.2, 0) is 17.1 Å². The number of hydrogen-bond acceptors (Lipinski definition) is 4. The highest BCUT2D eigenvalue weighted by Crippen LogP contribution is 2.29. The molecule has 0 aliphatic carbocycles. The van der Waals surface area contributed by atoms with Crippen LogP contribution in [-0.4, -0.2) is 46.5 Å². The maximum Gasteiger partial charge on any atom is 0.239 e. The van der Waals surface area contributed by atoms with Crippen molar-refractivity contribution in [3.8, 4) is 0 Å². The fraction of sp³-hybridized carbons (Fsp3) is 0.440. The fourth-order valence-corrected chi connectivity index (χ4v) is 5.07. The molecular formula is C25H32N4OS. The van der Waals surface area contributed by atoms with Gasteiger partial charge in [-0.15, -0.1) is 11.8 Å². The zero-order chi connectivity index (χ0) is 21.5. The van der Waals surface area contributed by atoms with Crippen molar-refractivity contribution in [2.24, 2.45) is 0 Å². The minimum Gasteiger partial charge on any atom is -0.353 e. The summed E-state index contributed by atoms with van der Waals surface area (Å²) in [6, 6.07) is 12.7. The molecule has 0 bridgehead atoms. The average molecular weight is 437 g/mol. The lowest BCUT2D eigenvalue weighted by molar-refractivity contribution is -0.121. The molecule has 1 fully saturated rings. The summed E-state index contributed by atoms with van der Waals surface area (Å²) < 4.78 is 2.02. The number of carbonyl (C=O) groups is 1. The zero-order valence-corrected chi connectivity index (χ0v) is 19.2. The van der Waals surface area contributed by atoms with Crippen molar-refractivity contribution in [2.75, 3.05) is 26.2 Å². The molecule has 1 aliphatic rings. The first-order chi connectivity index (χ1) is 15.2. The van der Waals surface area contributed by atoms with E-state index in [1.165, 1.54) is 36.8 Å². The first-order valence-corrected chi connectivity index (χ1v) is 12.3. The standard InChI is InChI=1S/C25H32N4OS/c1-20-6-8-21(9-7-20)19-31-25-22-11-16-29(23(22)10-12-27-25)18-24(30)26-13-17-28-14-4-2-3-5-15-28/h6-12,16H,2-5,13-15,17-19H2,1H3,(H,26,30). The number of nitrogens with one attached hydrogen (secondary N) is 1. The van der Waals surface area contributed by atoms with E-state index >= 15 is 0 Å². The molecule has 1 amide bonds. The minimum atomic E-state index is 0.0676. The van der Waals surface area contributed by atoms with Crippen LogP contribution in [0.3, 0.4) is 0 Å². The number of carbonyl (C=O) groups excluding carboxylic acids is 1. The zero-order valence-electron chi connectivity index (χ0n) is 18.3. The van der Waals surface area contributed by atoms with Crippen molar-refractivity contribution < 1.29 is 4.79 Å². The maximum atomic E-state index is 12.5. The third-order valence-electron chi connectivity index (χ3n) is 5.92. The number of aryl methyl sites for hydroxylation is 1. The topological polar surface area (TPSA) is 50.2 Å². The summed E-state index contributed by atoms with van der Waals surface area (Å²) in [5.74, 6) is 0.951. The SMILES string of the molecule is Cc1ccc(CSc2nccc3c2ccn3CC(=O)NCCN2CCCCCC2)cc1. The van der Waals surface area contributed by atoms with E-state index in [-0.39, 0.29) is 5.91 Å². The second-order valence-corrected chi connectivity index (χ2v) is 9.34. The van der Waals surface area contributed by atoms with Gasteiger partial charge in [0.05, 0.1) is 5.52 Å². The predicted molar refractivity (Wildman–Crippen MR) is 128 cm³/mol. The molecule has 3 heterocycles. The summed E-state index contributed by atoms with van der Waals surface area (Å²) >= 11 is 1.74. The van der Waals surface area contributed by atoms with E-state index < -0.39 is 0 Å². The summed E-state index contributed by atoms with van der Waals surface area (Å²) in [5, 5.41) is 5.22. The Hall–Kier alpha value is -2.31. The molecule has 0 unspecified atom stereocenters. The molecule has 1 N–H and O–H groups in total. The second-order valence-electron chi connectivity index (χ2n) is 8.37. The smallest absolute Gasteiger partial charge is 0.239 e. The third-order valence-corrected chi connectivity index (χ3v) is 7.00. The lowest BCUT2D eigenvalue weighted by Gasteiger charge is -2.19. The summed E-state index contributed by atoms with van der Waals surface area (Å²) in [5.41, 5.74) is 3.62.